The fourth-order valence-corrected chi connectivity index (χ4v) is 2.57. The van der Waals surface area contributed by atoms with Gasteiger partial charge in [-0.1, -0.05) is 42.5 Å². The van der Waals surface area contributed by atoms with E-state index in [0.717, 1.165) is 17.7 Å². The van der Waals surface area contributed by atoms with Crippen LogP contribution in [0, 0.1) is 0 Å². The Balaban J connectivity index is 1.99. The number of carbonyl (C=O) groups is 1. The molecule has 2 aromatic rings. The van der Waals surface area contributed by atoms with Crippen LogP contribution in [0.3, 0.4) is 0 Å². The van der Waals surface area contributed by atoms with Gasteiger partial charge in [-0.3, -0.25) is 4.79 Å². The molecule has 0 spiro atoms. The molecule has 0 aliphatic carbocycles. The van der Waals surface area contributed by atoms with Crippen LogP contribution in [0.2, 0.25) is 0 Å². The molecule has 2 aromatic carbocycles. The number of fused-ring (bicyclic) bond motifs is 1. The van der Waals surface area contributed by atoms with Gasteiger partial charge in [0.2, 0.25) is 5.91 Å². The molecule has 0 aromatic heterocycles. The van der Waals surface area contributed by atoms with Crippen molar-refractivity contribution in [3.05, 3.63) is 65.7 Å². The summed E-state index contributed by atoms with van der Waals surface area (Å²) < 4.78 is 0. The van der Waals surface area contributed by atoms with E-state index in [1.54, 1.807) is 4.90 Å². The Labute approximate surface area is 112 Å². The van der Waals surface area contributed by atoms with Crippen molar-refractivity contribution in [1.29, 1.82) is 0 Å². The van der Waals surface area contributed by atoms with E-state index < -0.39 is 6.04 Å². The van der Waals surface area contributed by atoms with Gasteiger partial charge in [-0.15, -0.1) is 0 Å². The van der Waals surface area contributed by atoms with Gasteiger partial charge in [-0.25, -0.2) is 0 Å². The van der Waals surface area contributed by atoms with E-state index in [0.29, 0.717) is 6.54 Å². The summed E-state index contributed by atoms with van der Waals surface area (Å²) in [6.07, 6.45) is 0.838. The fourth-order valence-electron chi connectivity index (χ4n) is 2.57. The zero-order valence-electron chi connectivity index (χ0n) is 10.6. The van der Waals surface area contributed by atoms with E-state index >= 15 is 0 Å². The molecule has 1 aliphatic heterocycles. The third kappa shape index (κ3) is 2.13. The van der Waals surface area contributed by atoms with Gasteiger partial charge in [0.1, 0.15) is 6.04 Å². The second kappa shape index (κ2) is 4.86. The summed E-state index contributed by atoms with van der Waals surface area (Å²) in [4.78, 5) is 14.3. The number of nitrogens with two attached hydrogens (primary N) is 1. The molecule has 0 fully saturated rings. The zero-order valence-corrected chi connectivity index (χ0v) is 10.6. The minimum absolute atomic E-state index is 0.0313. The Hall–Kier alpha value is -2.13. The molecule has 1 atom stereocenters. The summed E-state index contributed by atoms with van der Waals surface area (Å²) >= 11 is 0. The molecule has 96 valence electrons. The number of amides is 1. The average molecular weight is 252 g/mol. The molecule has 3 rings (SSSR count). The van der Waals surface area contributed by atoms with Crippen LogP contribution in [0.4, 0.5) is 5.69 Å². The lowest BCUT2D eigenvalue weighted by Gasteiger charge is -2.22. The number of para-hydroxylation sites is 1. The minimum Gasteiger partial charge on any atom is -0.316 e. The molecule has 3 heteroatoms. The van der Waals surface area contributed by atoms with Gasteiger partial charge in [-0.05, 0) is 29.7 Å². The van der Waals surface area contributed by atoms with Crippen LogP contribution < -0.4 is 10.6 Å². The van der Waals surface area contributed by atoms with Gasteiger partial charge in [0.15, 0.2) is 0 Å². The van der Waals surface area contributed by atoms with E-state index in [4.69, 9.17) is 5.73 Å². The quantitative estimate of drug-likeness (QED) is 0.846. The van der Waals surface area contributed by atoms with E-state index in [2.05, 4.69) is 6.07 Å². The lowest BCUT2D eigenvalue weighted by Crippen LogP contribution is -2.37. The third-order valence-electron chi connectivity index (χ3n) is 3.59. The van der Waals surface area contributed by atoms with Gasteiger partial charge < -0.3 is 10.6 Å². The van der Waals surface area contributed by atoms with Crippen LogP contribution >= 0.6 is 0 Å². The van der Waals surface area contributed by atoms with Crippen molar-refractivity contribution in [2.75, 3.05) is 11.4 Å². The first-order chi connectivity index (χ1) is 9.27. The molecule has 0 radical (unpaired) electrons. The van der Waals surface area contributed by atoms with Crippen molar-refractivity contribution in [3.63, 3.8) is 0 Å². The highest BCUT2D eigenvalue weighted by Gasteiger charge is 2.28. The molecular weight excluding hydrogens is 236 g/mol. The van der Waals surface area contributed by atoms with Crippen LogP contribution in [0.25, 0.3) is 0 Å². The predicted molar refractivity (Wildman–Crippen MR) is 75.9 cm³/mol. The molecule has 1 amide bonds. The molecular formula is C16H16N2O. The topological polar surface area (TPSA) is 46.3 Å². The smallest absolute Gasteiger partial charge is 0.248 e. The van der Waals surface area contributed by atoms with Crippen LogP contribution in [0.5, 0.6) is 0 Å². The zero-order chi connectivity index (χ0) is 13.2. The van der Waals surface area contributed by atoms with Crippen LogP contribution in [-0.4, -0.2) is 12.5 Å². The summed E-state index contributed by atoms with van der Waals surface area (Å²) in [6.45, 7) is 0.674. The van der Waals surface area contributed by atoms with Crippen LogP contribution in [0.15, 0.2) is 54.6 Å². The Morgan fingerprint density at radius 3 is 2.47 bits per heavy atom. The Kier molecular flexibility index (Phi) is 3.05. The first-order valence-electron chi connectivity index (χ1n) is 6.47. The molecule has 3 nitrogen and oxygen atoms in total. The van der Waals surface area contributed by atoms with E-state index in [1.165, 1.54) is 5.56 Å². The number of carbonyl (C=O) groups excluding carboxylic acids is 1. The summed E-state index contributed by atoms with van der Waals surface area (Å²) in [5.41, 5.74) is 9.16. The number of rotatable bonds is 1. The summed E-state index contributed by atoms with van der Waals surface area (Å²) in [5.74, 6) is -0.0313. The number of benzene rings is 2. The number of hydrogen-bond acceptors (Lipinski definition) is 2. The predicted octanol–water partition coefficient (Wildman–Crippen LogP) is 2.28. The van der Waals surface area contributed by atoms with E-state index in [-0.39, 0.29) is 5.91 Å². The number of nitrogens with zero attached hydrogens (tertiary/aromatic N) is 1. The van der Waals surface area contributed by atoms with Gasteiger partial charge in [0.05, 0.1) is 0 Å². The largest absolute Gasteiger partial charge is 0.316 e. The van der Waals surface area contributed by atoms with E-state index in [9.17, 15) is 4.79 Å². The van der Waals surface area contributed by atoms with Crippen molar-refractivity contribution in [2.45, 2.75) is 12.5 Å². The second-order valence-electron chi connectivity index (χ2n) is 4.75. The highest BCUT2D eigenvalue weighted by molar-refractivity contribution is 5.98. The number of hydrogen-bond donors (Lipinski definition) is 1. The molecule has 0 saturated heterocycles. The number of anilines is 1. The normalized spacial score (nSPS) is 18.9. The monoisotopic (exact) mass is 252 g/mol. The summed E-state index contributed by atoms with van der Waals surface area (Å²) in [5, 5.41) is 0. The van der Waals surface area contributed by atoms with Crippen LogP contribution in [-0.2, 0) is 11.2 Å². The van der Waals surface area contributed by atoms with Crippen molar-refractivity contribution in [2.24, 2.45) is 5.73 Å². The highest BCUT2D eigenvalue weighted by Crippen LogP contribution is 2.26. The lowest BCUT2D eigenvalue weighted by molar-refractivity contribution is -0.119. The maximum Gasteiger partial charge on any atom is 0.248 e. The van der Waals surface area contributed by atoms with Crippen molar-refractivity contribution >= 4 is 11.6 Å². The van der Waals surface area contributed by atoms with Crippen molar-refractivity contribution < 1.29 is 4.79 Å². The lowest BCUT2D eigenvalue weighted by atomic mass is 10.00. The molecule has 0 saturated carbocycles. The Morgan fingerprint density at radius 1 is 1.00 bits per heavy atom. The maximum atomic E-state index is 12.5. The van der Waals surface area contributed by atoms with Gasteiger partial charge in [0.25, 0.3) is 0 Å². The average Bonchev–Trinajstić information content (AvgIpc) is 2.59. The van der Waals surface area contributed by atoms with Gasteiger partial charge in [0, 0.05) is 12.2 Å². The minimum atomic E-state index is -0.570. The fraction of sp³-hybridized carbons (Fsp3) is 0.188. The maximum absolute atomic E-state index is 12.5. The summed E-state index contributed by atoms with van der Waals surface area (Å²) in [6, 6.07) is 17.1. The second-order valence-corrected chi connectivity index (χ2v) is 4.75. The standard InChI is InChI=1S/C16H16N2O/c17-15-14-9-5-4-6-12(14)10-11-18(16(15)19)13-7-2-1-3-8-13/h1-9,15H,10-11,17H2/t15-/m1/s1. The first kappa shape index (κ1) is 11.9. The Bertz CT molecular complexity index is 595. The summed E-state index contributed by atoms with van der Waals surface area (Å²) in [7, 11) is 0. The van der Waals surface area contributed by atoms with Crippen molar-refractivity contribution in [3.8, 4) is 0 Å². The third-order valence-corrected chi connectivity index (χ3v) is 3.59. The molecule has 2 N–H and O–H groups in total. The van der Waals surface area contributed by atoms with E-state index in [1.807, 2.05) is 48.5 Å². The Morgan fingerprint density at radius 2 is 1.68 bits per heavy atom. The SMILES string of the molecule is N[C@H]1C(=O)N(c2ccccc2)CCc2ccccc21. The van der Waals surface area contributed by atoms with Crippen LogP contribution in [0.1, 0.15) is 17.2 Å². The molecule has 0 unspecified atom stereocenters. The van der Waals surface area contributed by atoms with Crippen molar-refractivity contribution in [1.82, 2.24) is 0 Å². The molecule has 1 heterocycles. The molecule has 0 bridgehead atoms. The molecule has 1 aliphatic rings. The van der Waals surface area contributed by atoms with Gasteiger partial charge in [-0.2, -0.15) is 0 Å². The van der Waals surface area contributed by atoms with Gasteiger partial charge >= 0.3 is 0 Å². The molecule has 19 heavy (non-hydrogen) atoms. The first-order valence-corrected chi connectivity index (χ1v) is 6.47. The highest BCUT2D eigenvalue weighted by atomic mass is 16.2.